The molecule has 7 heteroatoms. The number of piperidine rings is 1. The van der Waals surface area contributed by atoms with Crippen molar-refractivity contribution in [2.45, 2.75) is 25.8 Å². The number of rotatable bonds is 5. The predicted octanol–water partition coefficient (Wildman–Crippen LogP) is 1.59. The fourth-order valence-electron chi connectivity index (χ4n) is 3.47. The molecular formula is C17H22N6O. The van der Waals surface area contributed by atoms with Crippen LogP contribution < -0.4 is 4.90 Å². The molecule has 0 unspecified atom stereocenters. The van der Waals surface area contributed by atoms with E-state index in [9.17, 15) is 4.79 Å². The van der Waals surface area contributed by atoms with E-state index in [1.165, 1.54) is 0 Å². The molecule has 0 aromatic carbocycles. The monoisotopic (exact) mass is 326 g/mol. The van der Waals surface area contributed by atoms with Crippen LogP contribution in [0.2, 0.25) is 0 Å². The van der Waals surface area contributed by atoms with Gasteiger partial charge in [-0.2, -0.15) is 5.26 Å². The van der Waals surface area contributed by atoms with Crippen LogP contribution in [0.25, 0.3) is 11.0 Å². The minimum Gasteiger partial charge on any atom is -0.354 e. The second-order valence-electron chi connectivity index (χ2n) is 6.51. The average Bonchev–Trinajstić information content (AvgIpc) is 3.04. The van der Waals surface area contributed by atoms with Crippen LogP contribution in [-0.2, 0) is 4.79 Å². The van der Waals surface area contributed by atoms with E-state index in [2.05, 4.69) is 31.7 Å². The smallest absolute Gasteiger partial charge is 0.160 e. The van der Waals surface area contributed by atoms with Gasteiger partial charge in [0.25, 0.3) is 0 Å². The molecule has 24 heavy (non-hydrogen) atoms. The Hall–Kier alpha value is -2.46. The molecule has 3 heterocycles. The average molecular weight is 326 g/mol. The van der Waals surface area contributed by atoms with Crippen molar-refractivity contribution >= 4 is 22.6 Å². The molecule has 1 N–H and O–H groups in total. The summed E-state index contributed by atoms with van der Waals surface area (Å²) in [7, 11) is 1.96. The van der Waals surface area contributed by atoms with Gasteiger partial charge in [-0.1, -0.05) is 6.92 Å². The van der Waals surface area contributed by atoms with E-state index in [0.717, 1.165) is 36.4 Å². The number of likely N-dealkylation sites (N-methyl/N-ethyl adjacent to an activating group) is 1. The highest BCUT2D eigenvalue weighted by molar-refractivity contribution is 5.87. The first-order valence-corrected chi connectivity index (χ1v) is 8.22. The normalized spacial score (nSPS) is 21.2. The van der Waals surface area contributed by atoms with Crippen molar-refractivity contribution in [1.29, 1.82) is 5.26 Å². The number of nitrogens with one attached hydrogen (secondary N) is 1. The van der Waals surface area contributed by atoms with Crippen LogP contribution >= 0.6 is 0 Å². The third-order valence-electron chi connectivity index (χ3n) is 4.82. The first kappa shape index (κ1) is 16.4. The zero-order chi connectivity index (χ0) is 17.1. The van der Waals surface area contributed by atoms with Gasteiger partial charge in [-0.05, 0) is 25.5 Å². The van der Waals surface area contributed by atoms with Crippen LogP contribution in [0.1, 0.15) is 19.8 Å². The van der Waals surface area contributed by atoms with E-state index in [4.69, 9.17) is 5.26 Å². The lowest BCUT2D eigenvalue weighted by molar-refractivity contribution is -0.119. The van der Waals surface area contributed by atoms with Gasteiger partial charge in [0.2, 0.25) is 0 Å². The molecule has 3 rings (SSSR count). The Labute approximate surface area is 141 Å². The number of nitrogens with zero attached hydrogens (tertiary/aromatic N) is 5. The van der Waals surface area contributed by atoms with Crippen molar-refractivity contribution in [3.63, 3.8) is 0 Å². The van der Waals surface area contributed by atoms with E-state index in [0.29, 0.717) is 12.5 Å². The van der Waals surface area contributed by atoms with E-state index in [-0.39, 0.29) is 18.2 Å². The number of aromatic nitrogens is 3. The number of anilines is 1. The number of fused-ring (bicyclic) bond motifs is 1. The number of Topliss-reactive ketones (excluding diaryl/α,β-unsaturated/α-hetero) is 1. The summed E-state index contributed by atoms with van der Waals surface area (Å²) < 4.78 is 0. The molecule has 0 amide bonds. The lowest BCUT2D eigenvalue weighted by Crippen LogP contribution is -2.52. The summed E-state index contributed by atoms with van der Waals surface area (Å²) in [6.45, 7) is 4.29. The number of carbonyl (C=O) groups excluding carboxylic acids is 1. The number of H-pyrrole nitrogens is 1. The van der Waals surface area contributed by atoms with Gasteiger partial charge in [0.05, 0.1) is 24.4 Å². The number of carbonyl (C=O) groups is 1. The fourth-order valence-corrected chi connectivity index (χ4v) is 3.47. The van der Waals surface area contributed by atoms with Crippen LogP contribution in [0.4, 0.5) is 5.82 Å². The number of nitriles is 1. The Kier molecular flexibility index (Phi) is 4.76. The van der Waals surface area contributed by atoms with Gasteiger partial charge in [-0.25, -0.2) is 9.97 Å². The quantitative estimate of drug-likeness (QED) is 0.897. The molecule has 2 atom stereocenters. The summed E-state index contributed by atoms with van der Waals surface area (Å²) in [5, 5.41) is 9.69. The van der Waals surface area contributed by atoms with Gasteiger partial charge in [0, 0.05) is 25.3 Å². The Morgan fingerprint density at radius 1 is 1.54 bits per heavy atom. The van der Waals surface area contributed by atoms with Gasteiger partial charge in [-0.15, -0.1) is 0 Å². The number of hydrogen-bond acceptors (Lipinski definition) is 6. The number of hydrogen-bond donors (Lipinski definition) is 1. The van der Waals surface area contributed by atoms with Crippen LogP contribution in [-0.4, -0.2) is 58.4 Å². The maximum Gasteiger partial charge on any atom is 0.160 e. The molecule has 1 fully saturated rings. The molecular weight excluding hydrogens is 304 g/mol. The molecule has 0 bridgehead atoms. The Bertz CT molecular complexity index is 764. The zero-order valence-corrected chi connectivity index (χ0v) is 14.1. The van der Waals surface area contributed by atoms with Crippen molar-refractivity contribution in [2.75, 3.05) is 31.6 Å². The third kappa shape index (κ3) is 3.24. The molecule has 0 spiro atoms. The van der Waals surface area contributed by atoms with Crippen molar-refractivity contribution < 1.29 is 4.79 Å². The Morgan fingerprint density at radius 3 is 3.17 bits per heavy atom. The van der Waals surface area contributed by atoms with Gasteiger partial charge in [-0.3, -0.25) is 9.69 Å². The van der Waals surface area contributed by atoms with Crippen molar-refractivity contribution in [2.24, 2.45) is 5.92 Å². The minimum absolute atomic E-state index is 0.0228. The van der Waals surface area contributed by atoms with Crippen LogP contribution in [0, 0.1) is 17.2 Å². The standard InChI is InChI=1S/C17H22N6O/c1-12-5-8-23(10-15(12)22(2)9-13(24)3-6-18)17-14-4-7-19-16(14)20-11-21-17/h4,7,11-12,15H,3,5,8-10H2,1-2H3,(H,19,20,21)/t12-,15+/m1/s1. The van der Waals surface area contributed by atoms with Crippen molar-refractivity contribution in [3.05, 3.63) is 18.6 Å². The Morgan fingerprint density at radius 2 is 2.38 bits per heavy atom. The summed E-state index contributed by atoms with van der Waals surface area (Å²) >= 11 is 0. The molecule has 7 nitrogen and oxygen atoms in total. The lowest BCUT2D eigenvalue weighted by Gasteiger charge is -2.42. The van der Waals surface area contributed by atoms with E-state index in [1.54, 1.807) is 6.33 Å². The summed E-state index contributed by atoms with van der Waals surface area (Å²) in [4.78, 5) is 28.0. The maximum absolute atomic E-state index is 11.8. The lowest BCUT2D eigenvalue weighted by atomic mass is 9.92. The molecule has 1 aliphatic heterocycles. The molecule has 0 aliphatic carbocycles. The van der Waals surface area contributed by atoms with Crippen LogP contribution in [0.5, 0.6) is 0 Å². The van der Waals surface area contributed by atoms with E-state index >= 15 is 0 Å². The first-order chi connectivity index (χ1) is 11.6. The second kappa shape index (κ2) is 6.97. The van der Waals surface area contributed by atoms with Gasteiger partial charge < -0.3 is 9.88 Å². The topological polar surface area (TPSA) is 88.9 Å². The fraction of sp³-hybridized carbons (Fsp3) is 0.529. The van der Waals surface area contributed by atoms with E-state index in [1.807, 2.05) is 25.4 Å². The molecule has 0 saturated carbocycles. The summed E-state index contributed by atoms with van der Waals surface area (Å²) in [6.07, 6.45) is 4.48. The summed E-state index contributed by atoms with van der Waals surface area (Å²) in [6, 6.07) is 4.18. The largest absolute Gasteiger partial charge is 0.354 e. The molecule has 1 saturated heterocycles. The SMILES string of the molecule is C[C@@H]1CCN(c2ncnc3[nH]ccc23)C[C@@H]1N(C)CC(=O)CC#N. The minimum atomic E-state index is -0.0283. The number of ketones is 1. The van der Waals surface area contributed by atoms with Crippen LogP contribution in [0.15, 0.2) is 18.6 Å². The van der Waals surface area contributed by atoms with Crippen LogP contribution in [0.3, 0.4) is 0 Å². The summed E-state index contributed by atoms with van der Waals surface area (Å²) in [5.41, 5.74) is 0.840. The highest BCUT2D eigenvalue weighted by Crippen LogP contribution is 2.28. The van der Waals surface area contributed by atoms with Gasteiger partial charge in [0.15, 0.2) is 5.78 Å². The zero-order valence-electron chi connectivity index (χ0n) is 14.1. The van der Waals surface area contributed by atoms with Crippen molar-refractivity contribution in [3.8, 4) is 6.07 Å². The van der Waals surface area contributed by atoms with Gasteiger partial charge >= 0.3 is 0 Å². The molecule has 2 aromatic rings. The molecule has 2 aromatic heterocycles. The highest BCUT2D eigenvalue weighted by atomic mass is 16.1. The van der Waals surface area contributed by atoms with Gasteiger partial charge in [0.1, 0.15) is 17.8 Å². The molecule has 126 valence electrons. The second-order valence-corrected chi connectivity index (χ2v) is 6.51. The molecule has 0 radical (unpaired) electrons. The van der Waals surface area contributed by atoms with E-state index < -0.39 is 0 Å². The maximum atomic E-state index is 11.8. The van der Waals surface area contributed by atoms with Crippen molar-refractivity contribution in [1.82, 2.24) is 19.9 Å². The molecule has 1 aliphatic rings. The highest BCUT2D eigenvalue weighted by Gasteiger charge is 2.31. The number of aromatic amines is 1. The summed E-state index contributed by atoms with van der Waals surface area (Å²) in [5.74, 6) is 1.40. The third-order valence-corrected chi connectivity index (χ3v) is 4.82. The first-order valence-electron chi connectivity index (χ1n) is 8.22. The predicted molar refractivity (Wildman–Crippen MR) is 91.5 cm³/mol. The Balaban J connectivity index is 1.77.